The lowest BCUT2D eigenvalue weighted by molar-refractivity contribution is 0.00578. The molecule has 1 aliphatic heterocycles. The second-order valence-electron chi connectivity index (χ2n) is 5.18. The first-order valence-corrected chi connectivity index (χ1v) is 5.25. The van der Waals surface area contributed by atoms with Gasteiger partial charge in [0.1, 0.15) is 0 Å². The Morgan fingerprint density at radius 2 is 1.57 bits per heavy atom. The van der Waals surface area contributed by atoms with E-state index in [0.29, 0.717) is 0 Å². The Morgan fingerprint density at radius 1 is 1.14 bits per heavy atom. The van der Waals surface area contributed by atoms with Gasteiger partial charge in [-0.25, -0.2) is 0 Å². The van der Waals surface area contributed by atoms with Crippen LogP contribution in [-0.2, 0) is 9.31 Å². The smallest absolute Gasteiger partial charge is 0.403 e. The molecule has 0 aliphatic carbocycles. The molecule has 80 valence electrons. The van der Waals surface area contributed by atoms with E-state index in [9.17, 15) is 0 Å². The predicted molar refractivity (Wildman–Crippen MR) is 60.3 cm³/mol. The Labute approximate surface area is 87.8 Å². The van der Waals surface area contributed by atoms with Crippen molar-refractivity contribution in [1.29, 1.82) is 0 Å². The highest BCUT2D eigenvalue weighted by Gasteiger charge is 2.50. The third-order valence-corrected chi connectivity index (χ3v) is 3.11. The van der Waals surface area contributed by atoms with Crippen molar-refractivity contribution in [3.05, 3.63) is 12.2 Å². The molecule has 1 heterocycles. The van der Waals surface area contributed by atoms with Gasteiger partial charge in [0, 0.05) is 0 Å². The average molecular weight is 196 g/mol. The molecule has 0 amide bonds. The molecule has 0 aromatic rings. The van der Waals surface area contributed by atoms with Gasteiger partial charge in [-0.2, -0.15) is 0 Å². The zero-order valence-corrected chi connectivity index (χ0v) is 10.0. The highest BCUT2D eigenvalue weighted by Crippen LogP contribution is 2.38. The molecule has 0 saturated carbocycles. The molecule has 0 atom stereocenters. The average Bonchev–Trinajstić information content (AvgIpc) is 2.17. The molecule has 14 heavy (non-hydrogen) atoms. The van der Waals surface area contributed by atoms with Gasteiger partial charge in [0.15, 0.2) is 0 Å². The van der Waals surface area contributed by atoms with E-state index in [-0.39, 0.29) is 18.3 Å². The van der Waals surface area contributed by atoms with Gasteiger partial charge in [0.25, 0.3) is 0 Å². The van der Waals surface area contributed by atoms with E-state index in [0.717, 1.165) is 12.7 Å². The Balaban J connectivity index is 2.51. The topological polar surface area (TPSA) is 18.5 Å². The molecule has 3 heteroatoms. The maximum Gasteiger partial charge on any atom is 0.458 e. The predicted octanol–water partition coefficient (Wildman–Crippen LogP) is 3.04. The van der Waals surface area contributed by atoms with Crippen LogP contribution >= 0.6 is 0 Å². The molecule has 0 bridgehead atoms. The lowest BCUT2D eigenvalue weighted by Gasteiger charge is -2.32. The zero-order valence-electron chi connectivity index (χ0n) is 10.0. The fourth-order valence-electron chi connectivity index (χ4n) is 1.45. The summed E-state index contributed by atoms with van der Waals surface area (Å²) in [4.78, 5) is 0. The molecule has 0 N–H and O–H groups in total. The van der Waals surface area contributed by atoms with Gasteiger partial charge in [0.2, 0.25) is 0 Å². The zero-order chi connectivity index (χ0) is 11.0. The molecular weight excluding hydrogens is 175 g/mol. The van der Waals surface area contributed by atoms with E-state index in [2.05, 4.69) is 34.3 Å². The van der Waals surface area contributed by atoms with Crippen LogP contribution in [0.25, 0.3) is 0 Å². The van der Waals surface area contributed by atoms with Crippen molar-refractivity contribution in [1.82, 2.24) is 0 Å². The molecule has 2 nitrogen and oxygen atoms in total. The molecule has 1 aliphatic rings. The second-order valence-corrected chi connectivity index (χ2v) is 5.18. The van der Waals surface area contributed by atoms with Gasteiger partial charge >= 0.3 is 7.12 Å². The number of hydrogen-bond acceptors (Lipinski definition) is 2. The fraction of sp³-hybridized carbons (Fsp3) is 0.818. The molecule has 0 aromatic carbocycles. The van der Waals surface area contributed by atoms with Gasteiger partial charge in [-0.05, 0) is 47.4 Å². The minimum absolute atomic E-state index is 0.0725. The van der Waals surface area contributed by atoms with E-state index in [1.807, 2.05) is 6.92 Å². The van der Waals surface area contributed by atoms with Crippen molar-refractivity contribution in [2.24, 2.45) is 0 Å². The summed E-state index contributed by atoms with van der Waals surface area (Å²) in [5, 5.41) is 0. The van der Waals surface area contributed by atoms with Crippen molar-refractivity contribution in [3.63, 3.8) is 0 Å². The normalized spacial score (nSPS) is 23.9. The molecule has 0 aromatic heterocycles. The molecule has 0 unspecified atom stereocenters. The van der Waals surface area contributed by atoms with Crippen LogP contribution in [0.4, 0.5) is 0 Å². The quantitative estimate of drug-likeness (QED) is 0.510. The lowest BCUT2D eigenvalue weighted by atomic mass is 9.82. The first-order valence-electron chi connectivity index (χ1n) is 5.25. The lowest BCUT2D eigenvalue weighted by Crippen LogP contribution is -2.41. The summed E-state index contributed by atoms with van der Waals surface area (Å²) >= 11 is 0. The first-order chi connectivity index (χ1) is 6.24. The monoisotopic (exact) mass is 196 g/mol. The number of hydrogen-bond donors (Lipinski definition) is 0. The molecular formula is C11H21BO2. The Kier molecular flexibility index (Phi) is 3.12. The minimum Gasteiger partial charge on any atom is -0.403 e. The molecule has 1 fully saturated rings. The third kappa shape index (κ3) is 2.40. The maximum atomic E-state index is 5.85. The van der Waals surface area contributed by atoms with Crippen LogP contribution in [0.5, 0.6) is 0 Å². The second kappa shape index (κ2) is 3.71. The van der Waals surface area contributed by atoms with Crippen LogP contribution < -0.4 is 0 Å². The third-order valence-electron chi connectivity index (χ3n) is 3.11. The van der Waals surface area contributed by atoms with Crippen molar-refractivity contribution in [2.75, 3.05) is 0 Å². The van der Waals surface area contributed by atoms with E-state index < -0.39 is 0 Å². The van der Waals surface area contributed by atoms with Crippen LogP contribution in [0.15, 0.2) is 12.2 Å². The molecule has 0 radical (unpaired) electrons. The summed E-state index contributed by atoms with van der Waals surface area (Å²) < 4.78 is 11.7. The number of rotatable bonds is 3. The van der Waals surface area contributed by atoms with Crippen molar-refractivity contribution < 1.29 is 9.31 Å². The summed E-state index contributed by atoms with van der Waals surface area (Å²) in [6.45, 7) is 14.2. The van der Waals surface area contributed by atoms with E-state index in [1.54, 1.807) is 0 Å². The fourth-order valence-corrected chi connectivity index (χ4v) is 1.45. The van der Waals surface area contributed by atoms with Crippen molar-refractivity contribution in [3.8, 4) is 0 Å². The largest absolute Gasteiger partial charge is 0.458 e. The standard InChI is InChI=1S/C11H21BO2/c1-9(2)7-8-12-13-10(3,4)11(5,6)14-12/h1,7-8H2,2-6H3. The SMILES string of the molecule is C=C(C)CCB1OC(C)(C)C(C)(C)O1. The first kappa shape index (κ1) is 11.8. The van der Waals surface area contributed by atoms with Crippen molar-refractivity contribution in [2.45, 2.75) is 58.6 Å². The maximum absolute atomic E-state index is 5.85. The summed E-state index contributed by atoms with van der Waals surface area (Å²) in [6, 6.07) is 0. The van der Waals surface area contributed by atoms with Gasteiger partial charge in [-0.3, -0.25) is 0 Å². The minimum atomic E-state index is -0.202. The van der Waals surface area contributed by atoms with E-state index in [1.165, 1.54) is 5.57 Å². The van der Waals surface area contributed by atoms with Gasteiger partial charge < -0.3 is 9.31 Å². The number of allylic oxidation sites excluding steroid dienone is 1. The van der Waals surface area contributed by atoms with Crippen LogP contribution in [0.3, 0.4) is 0 Å². The van der Waals surface area contributed by atoms with Crippen LogP contribution in [0, 0.1) is 0 Å². The molecule has 1 rings (SSSR count). The molecule has 1 saturated heterocycles. The summed E-state index contributed by atoms with van der Waals surface area (Å²) in [5.74, 6) is 0. The van der Waals surface area contributed by atoms with Crippen LogP contribution in [0.1, 0.15) is 41.0 Å². The van der Waals surface area contributed by atoms with Crippen LogP contribution in [0.2, 0.25) is 6.32 Å². The van der Waals surface area contributed by atoms with E-state index in [4.69, 9.17) is 9.31 Å². The van der Waals surface area contributed by atoms with E-state index >= 15 is 0 Å². The Morgan fingerprint density at radius 3 is 1.93 bits per heavy atom. The van der Waals surface area contributed by atoms with Crippen molar-refractivity contribution >= 4 is 7.12 Å². The van der Waals surface area contributed by atoms with Gasteiger partial charge in [-0.1, -0.05) is 5.57 Å². The summed E-state index contributed by atoms with van der Waals surface area (Å²) in [5.41, 5.74) is 0.777. The highest BCUT2D eigenvalue weighted by molar-refractivity contribution is 6.45. The van der Waals surface area contributed by atoms with Crippen LogP contribution in [-0.4, -0.2) is 18.3 Å². The highest BCUT2D eigenvalue weighted by atomic mass is 16.7. The summed E-state index contributed by atoms with van der Waals surface area (Å²) in [6.07, 6.45) is 1.87. The molecule has 0 spiro atoms. The summed E-state index contributed by atoms with van der Waals surface area (Å²) in [7, 11) is -0.0725. The Bertz CT molecular complexity index is 217. The van der Waals surface area contributed by atoms with Gasteiger partial charge in [0.05, 0.1) is 11.2 Å². The Hall–Kier alpha value is -0.275. The van der Waals surface area contributed by atoms with Gasteiger partial charge in [-0.15, -0.1) is 6.58 Å².